The Hall–Kier alpha value is 0.0800. The summed E-state index contributed by atoms with van der Waals surface area (Å²) in [5.41, 5.74) is 3.07. The van der Waals surface area contributed by atoms with Crippen LogP contribution in [0, 0.1) is 2.88 Å². The van der Waals surface area contributed by atoms with Gasteiger partial charge in [0, 0.05) is 13.5 Å². The van der Waals surface area contributed by atoms with Crippen molar-refractivity contribution in [3.63, 3.8) is 0 Å². The molecule has 2 rings (SSSR count). The number of nitrogens with zero attached hydrogens (tertiary/aromatic N) is 2. The summed E-state index contributed by atoms with van der Waals surface area (Å²) >= 11 is 7.50. The molecule has 1 unspecified atom stereocenters. The fourth-order valence-corrected chi connectivity index (χ4v) is 4.04. The number of aryl methyl sites for hydroxylation is 2. The second-order valence-corrected chi connectivity index (χ2v) is 7.69. The van der Waals surface area contributed by atoms with E-state index >= 15 is 0 Å². The summed E-state index contributed by atoms with van der Waals surface area (Å²) in [6, 6.07) is 2.03. The molecule has 98 valence electrons. The second kappa shape index (κ2) is 6.02. The van der Waals surface area contributed by atoms with Crippen molar-refractivity contribution < 1.29 is 5.11 Å². The first-order valence-electron chi connectivity index (χ1n) is 5.65. The van der Waals surface area contributed by atoms with Gasteiger partial charge in [0.05, 0.1) is 24.8 Å². The van der Waals surface area contributed by atoms with E-state index in [1.807, 2.05) is 23.2 Å². The van der Waals surface area contributed by atoms with Crippen molar-refractivity contribution in [3.05, 3.63) is 35.8 Å². The lowest BCUT2D eigenvalue weighted by molar-refractivity contribution is 0.176. The molecule has 1 atom stereocenters. The first kappa shape index (κ1) is 14.5. The molecule has 0 amide bonds. The predicted molar refractivity (Wildman–Crippen MR) is 86.0 cm³/mol. The highest BCUT2D eigenvalue weighted by Gasteiger charge is 2.18. The Balaban J connectivity index is 2.21. The van der Waals surface area contributed by atoms with Crippen molar-refractivity contribution in [2.45, 2.75) is 25.9 Å². The quantitative estimate of drug-likeness (QED) is 0.736. The zero-order valence-corrected chi connectivity index (χ0v) is 14.7. The van der Waals surface area contributed by atoms with E-state index in [9.17, 15) is 5.11 Å². The Kier molecular flexibility index (Phi) is 4.85. The van der Waals surface area contributed by atoms with Crippen LogP contribution in [0.5, 0.6) is 0 Å². The highest BCUT2D eigenvalue weighted by molar-refractivity contribution is 14.1. The molecule has 0 bridgehead atoms. The first-order valence-corrected chi connectivity index (χ1v) is 8.40. The summed E-state index contributed by atoms with van der Waals surface area (Å²) < 4.78 is 4.07. The molecule has 0 saturated heterocycles. The summed E-state index contributed by atoms with van der Waals surface area (Å²) in [6.45, 7) is 2.08. The van der Waals surface area contributed by atoms with E-state index in [1.165, 1.54) is 2.88 Å². The van der Waals surface area contributed by atoms with Crippen molar-refractivity contribution in [1.82, 2.24) is 9.78 Å². The first-order chi connectivity index (χ1) is 8.52. The third-order valence-corrected chi connectivity index (χ3v) is 5.58. The van der Waals surface area contributed by atoms with Crippen LogP contribution in [0.1, 0.15) is 30.0 Å². The van der Waals surface area contributed by atoms with Crippen LogP contribution >= 0.6 is 49.9 Å². The standard InChI is InChI=1S/C12H14BrIN2OS/c1-3-8-12(13)9(16(2)15-8)5-10(17)7-4-11(14)18-6-7/h4,6,10,17H,3,5H2,1-2H3. The van der Waals surface area contributed by atoms with E-state index in [0.717, 1.165) is 27.8 Å². The van der Waals surface area contributed by atoms with Gasteiger partial charge in [-0.15, -0.1) is 11.3 Å². The second-order valence-electron chi connectivity index (χ2n) is 4.09. The van der Waals surface area contributed by atoms with Crippen LogP contribution < -0.4 is 0 Å². The Labute approximate surface area is 132 Å². The van der Waals surface area contributed by atoms with Gasteiger partial charge in [-0.25, -0.2) is 0 Å². The molecule has 2 heterocycles. The van der Waals surface area contributed by atoms with E-state index in [2.05, 4.69) is 50.5 Å². The Morgan fingerprint density at radius 1 is 1.61 bits per heavy atom. The molecule has 6 heteroatoms. The molecule has 0 aliphatic heterocycles. The molecule has 3 nitrogen and oxygen atoms in total. The van der Waals surface area contributed by atoms with Gasteiger partial charge in [-0.1, -0.05) is 6.92 Å². The van der Waals surface area contributed by atoms with Gasteiger partial charge < -0.3 is 5.11 Å². The molecule has 0 aliphatic rings. The summed E-state index contributed by atoms with van der Waals surface area (Å²) in [4.78, 5) is 0. The number of hydrogen-bond acceptors (Lipinski definition) is 3. The molecule has 2 aromatic heterocycles. The Morgan fingerprint density at radius 2 is 2.33 bits per heavy atom. The minimum atomic E-state index is -0.471. The summed E-state index contributed by atoms with van der Waals surface area (Å²) in [5, 5.41) is 16.7. The summed E-state index contributed by atoms with van der Waals surface area (Å²) in [7, 11) is 1.92. The van der Waals surface area contributed by atoms with Crippen LogP contribution in [0.3, 0.4) is 0 Å². The molecule has 0 spiro atoms. The highest BCUT2D eigenvalue weighted by atomic mass is 127. The molecular weight excluding hydrogens is 427 g/mol. The average molecular weight is 441 g/mol. The van der Waals surface area contributed by atoms with E-state index in [0.29, 0.717) is 6.42 Å². The van der Waals surface area contributed by atoms with Crippen LogP contribution in [0.15, 0.2) is 15.9 Å². The Morgan fingerprint density at radius 3 is 2.83 bits per heavy atom. The van der Waals surface area contributed by atoms with Crippen molar-refractivity contribution in [1.29, 1.82) is 0 Å². The van der Waals surface area contributed by atoms with Crippen LogP contribution in [0.2, 0.25) is 0 Å². The van der Waals surface area contributed by atoms with E-state index in [4.69, 9.17) is 0 Å². The maximum Gasteiger partial charge on any atom is 0.0854 e. The fourth-order valence-electron chi connectivity index (χ4n) is 1.84. The predicted octanol–water partition coefficient (Wildman–Crippen LogP) is 3.69. The minimum absolute atomic E-state index is 0.471. The lowest BCUT2D eigenvalue weighted by Gasteiger charge is -2.09. The third kappa shape index (κ3) is 2.97. The van der Waals surface area contributed by atoms with Crippen LogP contribution in [-0.2, 0) is 19.9 Å². The normalized spacial score (nSPS) is 12.9. The zero-order chi connectivity index (χ0) is 13.3. The highest BCUT2D eigenvalue weighted by Crippen LogP contribution is 2.29. The average Bonchev–Trinajstić information content (AvgIpc) is 2.87. The molecule has 0 aromatic carbocycles. The minimum Gasteiger partial charge on any atom is -0.388 e. The monoisotopic (exact) mass is 440 g/mol. The molecular formula is C12H14BrIN2OS. The van der Waals surface area contributed by atoms with Crippen molar-refractivity contribution in [2.75, 3.05) is 0 Å². The van der Waals surface area contributed by atoms with Crippen molar-refractivity contribution in [2.24, 2.45) is 7.05 Å². The van der Waals surface area contributed by atoms with Crippen molar-refractivity contribution >= 4 is 49.9 Å². The van der Waals surface area contributed by atoms with Gasteiger partial charge >= 0.3 is 0 Å². The zero-order valence-electron chi connectivity index (χ0n) is 10.2. The van der Waals surface area contributed by atoms with Gasteiger partial charge in [-0.2, -0.15) is 5.10 Å². The molecule has 18 heavy (non-hydrogen) atoms. The smallest absolute Gasteiger partial charge is 0.0854 e. The molecule has 0 aliphatic carbocycles. The van der Waals surface area contributed by atoms with Gasteiger partial charge in [0.25, 0.3) is 0 Å². The van der Waals surface area contributed by atoms with E-state index < -0.39 is 6.10 Å². The van der Waals surface area contributed by atoms with Gasteiger partial charge in [0.1, 0.15) is 0 Å². The number of halogens is 2. The molecule has 2 aromatic rings. The molecule has 1 N–H and O–H groups in total. The SMILES string of the molecule is CCc1nn(C)c(CC(O)c2csc(I)c2)c1Br. The van der Waals surface area contributed by atoms with Crippen LogP contribution in [0.25, 0.3) is 0 Å². The number of aliphatic hydroxyl groups is 1. The largest absolute Gasteiger partial charge is 0.388 e. The van der Waals surface area contributed by atoms with Crippen LogP contribution in [-0.4, -0.2) is 14.9 Å². The van der Waals surface area contributed by atoms with Crippen molar-refractivity contribution in [3.8, 4) is 0 Å². The lowest BCUT2D eigenvalue weighted by Crippen LogP contribution is -2.06. The number of rotatable bonds is 4. The molecule has 0 saturated carbocycles. The van der Waals surface area contributed by atoms with Gasteiger partial charge in [-0.05, 0) is 62.0 Å². The van der Waals surface area contributed by atoms with Crippen LogP contribution in [0.4, 0.5) is 0 Å². The topological polar surface area (TPSA) is 38.0 Å². The lowest BCUT2D eigenvalue weighted by atomic mass is 10.1. The maximum absolute atomic E-state index is 10.3. The number of aliphatic hydroxyl groups excluding tert-OH is 1. The Bertz CT molecular complexity index is 552. The number of thiophene rings is 1. The van der Waals surface area contributed by atoms with E-state index in [1.54, 1.807) is 11.3 Å². The van der Waals surface area contributed by atoms with Gasteiger partial charge in [0.15, 0.2) is 0 Å². The van der Waals surface area contributed by atoms with Gasteiger partial charge in [0.2, 0.25) is 0 Å². The summed E-state index contributed by atoms with van der Waals surface area (Å²) in [6.07, 6.45) is 0.999. The van der Waals surface area contributed by atoms with Gasteiger partial charge in [-0.3, -0.25) is 4.68 Å². The fraction of sp³-hybridized carbons (Fsp3) is 0.417. The van der Waals surface area contributed by atoms with E-state index in [-0.39, 0.29) is 0 Å². The molecule has 0 radical (unpaired) electrons. The number of aromatic nitrogens is 2. The maximum atomic E-state index is 10.3. The number of hydrogen-bond donors (Lipinski definition) is 1. The summed E-state index contributed by atoms with van der Waals surface area (Å²) in [5.74, 6) is 0. The molecule has 0 fully saturated rings. The third-order valence-electron chi connectivity index (χ3n) is 2.86.